The van der Waals surface area contributed by atoms with Crippen LogP contribution in [0.25, 0.3) is 0 Å². The number of hydrogen-bond acceptors (Lipinski definition) is 3. The lowest BCUT2D eigenvalue weighted by Gasteiger charge is -2.36. The highest BCUT2D eigenvalue weighted by molar-refractivity contribution is 4.84. The third kappa shape index (κ3) is 3.44. The van der Waals surface area contributed by atoms with Crippen LogP contribution in [0.5, 0.6) is 0 Å². The molecule has 1 aliphatic carbocycles. The average molecular weight is 212 g/mol. The zero-order chi connectivity index (χ0) is 10.7. The molecule has 0 aromatic carbocycles. The number of nitrogens with zero attached hydrogens (tertiary/aromatic N) is 1. The van der Waals surface area contributed by atoms with E-state index in [9.17, 15) is 0 Å². The number of nitrogens with one attached hydrogen (secondary N) is 1. The van der Waals surface area contributed by atoms with Crippen molar-refractivity contribution in [2.45, 2.75) is 51.3 Å². The molecule has 15 heavy (non-hydrogen) atoms. The lowest BCUT2D eigenvalue weighted by atomic mass is 10.1. The van der Waals surface area contributed by atoms with Gasteiger partial charge in [-0.15, -0.1) is 0 Å². The summed E-state index contributed by atoms with van der Waals surface area (Å²) in [6.07, 6.45) is 4.38. The Morgan fingerprint density at radius 3 is 2.93 bits per heavy atom. The molecule has 2 atom stereocenters. The third-order valence-corrected chi connectivity index (χ3v) is 3.60. The van der Waals surface area contributed by atoms with Gasteiger partial charge in [-0.25, -0.2) is 0 Å². The van der Waals surface area contributed by atoms with Crippen molar-refractivity contribution in [2.24, 2.45) is 0 Å². The normalized spacial score (nSPS) is 30.4. The molecule has 2 rings (SSSR count). The van der Waals surface area contributed by atoms with Crippen LogP contribution in [-0.2, 0) is 4.74 Å². The predicted octanol–water partition coefficient (Wildman–Crippen LogP) is 1.24. The molecule has 0 amide bonds. The molecule has 88 valence electrons. The monoisotopic (exact) mass is 212 g/mol. The van der Waals surface area contributed by atoms with Gasteiger partial charge in [-0.2, -0.15) is 0 Å². The highest BCUT2D eigenvalue weighted by atomic mass is 16.5. The average Bonchev–Trinajstić information content (AvgIpc) is 3.09. The topological polar surface area (TPSA) is 24.5 Å². The molecule has 2 fully saturated rings. The maximum absolute atomic E-state index is 5.78. The smallest absolute Gasteiger partial charge is 0.0826 e. The van der Waals surface area contributed by atoms with Crippen molar-refractivity contribution in [2.75, 3.05) is 26.2 Å². The first-order valence-electron chi connectivity index (χ1n) is 6.38. The van der Waals surface area contributed by atoms with E-state index in [2.05, 4.69) is 24.1 Å². The van der Waals surface area contributed by atoms with E-state index in [1.807, 2.05) is 0 Å². The fourth-order valence-electron chi connectivity index (χ4n) is 2.11. The summed E-state index contributed by atoms with van der Waals surface area (Å²) in [6, 6.07) is 1.50. The Bertz CT molecular complexity index is 194. The second kappa shape index (κ2) is 5.28. The van der Waals surface area contributed by atoms with Crippen LogP contribution >= 0.6 is 0 Å². The van der Waals surface area contributed by atoms with Gasteiger partial charge >= 0.3 is 0 Å². The molecule has 1 saturated carbocycles. The molecular formula is C12H24N2O. The number of ether oxygens (including phenoxy) is 1. The molecule has 2 aliphatic rings. The summed E-state index contributed by atoms with van der Waals surface area (Å²) in [4.78, 5) is 2.56. The second-order valence-electron chi connectivity index (χ2n) is 4.93. The van der Waals surface area contributed by atoms with E-state index in [1.54, 1.807) is 0 Å². The number of rotatable bonds is 5. The van der Waals surface area contributed by atoms with Crippen LogP contribution in [0.2, 0.25) is 0 Å². The van der Waals surface area contributed by atoms with Crippen molar-refractivity contribution in [1.82, 2.24) is 10.2 Å². The van der Waals surface area contributed by atoms with E-state index in [0.29, 0.717) is 12.1 Å². The van der Waals surface area contributed by atoms with Crippen molar-refractivity contribution < 1.29 is 4.74 Å². The van der Waals surface area contributed by atoms with E-state index in [4.69, 9.17) is 4.74 Å². The van der Waals surface area contributed by atoms with Gasteiger partial charge in [0.25, 0.3) is 0 Å². The van der Waals surface area contributed by atoms with Gasteiger partial charge < -0.3 is 10.1 Å². The number of morpholine rings is 1. The first-order valence-corrected chi connectivity index (χ1v) is 6.38. The molecule has 0 radical (unpaired) electrons. The zero-order valence-corrected chi connectivity index (χ0v) is 10.0. The molecule has 1 unspecified atom stereocenters. The summed E-state index contributed by atoms with van der Waals surface area (Å²) in [5, 5.41) is 3.55. The van der Waals surface area contributed by atoms with Crippen LogP contribution in [0.3, 0.4) is 0 Å². The molecule has 0 aromatic heterocycles. The van der Waals surface area contributed by atoms with Crippen LogP contribution in [0.4, 0.5) is 0 Å². The summed E-state index contributed by atoms with van der Waals surface area (Å²) in [5.41, 5.74) is 0. The van der Waals surface area contributed by atoms with Crippen molar-refractivity contribution in [3.8, 4) is 0 Å². The fourth-order valence-corrected chi connectivity index (χ4v) is 2.11. The molecule has 3 heteroatoms. The lowest BCUT2D eigenvalue weighted by Crippen LogP contribution is -2.49. The first kappa shape index (κ1) is 11.4. The Morgan fingerprint density at radius 2 is 2.27 bits per heavy atom. The molecule has 3 nitrogen and oxygen atoms in total. The van der Waals surface area contributed by atoms with Gasteiger partial charge in [-0.05, 0) is 26.2 Å². The Labute approximate surface area is 93.2 Å². The van der Waals surface area contributed by atoms with Crippen molar-refractivity contribution in [1.29, 1.82) is 0 Å². The van der Waals surface area contributed by atoms with Gasteiger partial charge in [0.1, 0.15) is 0 Å². The summed E-state index contributed by atoms with van der Waals surface area (Å²) >= 11 is 0. The first-order chi connectivity index (χ1) is 7.29. The molecule has 0 spiro atoms. The standard InChI is InChI=1S/C12H24N2O/c1-3-10(2)14-6-7-15-12(9-14)8-13-11-4-5-11/h10-13H,3-9H2,1-2H3/t10?,12-/m0/s1. The summed E-state index contributed by atoms with van der Waals surface area (Å²) in [6.45, 7) is 8.73. The Hall–Kier alpha value is -0.120. The SMILES string of the molecule is CCC(C)N1CCO[C@@H](CNC2CC2)C1. The quantitative estimate of drug-likeness (QED) is 0.742. The maximum Gasteiger partial charge on any atom is 0.0826 e. The van der Waals surface area contributed by atoms with Crippen molar-refractivity contribution in [3.05, 3.63) is 0 Å². The summed E-state index contributed by atoms with van der Waals surface area (Å²) in [7, 11) is 0. The Kier molecular flexibility index (Phi) is 4.00. The Morgan fingerprint density at radius 1 is 1.47 bits per heavy atom. The fraction of sp³-hybridized carbons (Fsp3) is 1.00. The number of hydrogen-bond donors (Lipinski definition) is 1. The van der Waals surface area contributed by atoms with E-state index >= 15 is 0 Å². The predicted molar refractivity (Wildman–Crippen MR) is 62.1 cm³/mol. The summed E-state index contributed by atoms with van der Waals surface area (Å²) in [5.74, 6) is 0. The Balaban J connectivity index is 1.70. The van der Waals surface area contributed by atoms with E-state index in [-0.39, 0.29) is 0 Å². The minimum Gasteiger partial charge on any atom is -0.374 e. The largest absolute Gasteiger partial charge is 0.374 e. The third-order valence-electron chi connectivity index (χ3n) is 3.60. The van der Waals surface area contributed by atoms with Crippen LogP contribution < -0.4 is 5.32 Å². The van der Waals surface area contributed by atoms with Crippen LogP contribution in [-0.4, -0.2) is 49.3 Å². The molecule has 0 aromatic rings. The molecule has 1 N–H and O–H groups in total. The van der Waals surface area contributed by atoms with Gasteiger partial charge in [0.05, 0.1) is 12.7 Å². The molecule has 1 saturated heterocycles. The van der Waals surface area contributed by atoms with Gasteiger partial charge in [0, 0.05) is 31.7 Å². The van der Waals surface area contributed by atoms with Gasteiger partial charge in [0.2, 0.25) is 0 Å². The molecule has 1 heterocycles. The van der Waals surface area contributed by atoms with Crippen molar-refractivity contribution >= 4 is 0 Å². The van der Waals surface area contributed by atoms with Crippen LogP contribution in [0.1, 0.15) is 33.1 Å². The van der Waals surface area contributed by atoms with Crippen molar-refractivity contribution in [3.63, 3.8) is 0 Å². The van der Waals surface area contributed by atoms with E-state index in [0.717, 1.165) is 32.3 Å². The minimum atomic E-state index is 0.411. The van der Waals surface area contributed by atoms with Gasteiger partial charge in [-0.1, -0.05) is 6.92 Å². The second-order valence-corrected chi connectivity index (χ2v) is 4.93. The molecular weight excluding hydrogens is 188 g/mol. The molecule has 0 bridgehead atoms. The maximum atomic E-state index is 5.78. The highest BCUT2D eigenvalue weighted by Gasteiger charge is 2.26. The highest BCUT2D eigenvalue weighted by Crippen LogP contribution is 2.19. The zero-order valence-electron chi connectivity index (χ0n) is 10.0. The van der Waals surface area contributed by atoms with Crippen LogP contribution in [0.15, 0.2) is 0 Å². The van der Waals surface area contributed by atoms with Gasteiger partial charge in [-0.3, -0.25) is 4.90 Å². The van der Waals surface area contributed by atoms with Gasteiger partial charge in [0.15, 0.2) is 0 Å². The minimum absolute atomic E-state index is 0.411. The lowest BCUT2D eigenvalue weighted by molar-refractivity contribution is -0.0400. The van der Waals surface area contributed by atoms with Crippen LogP contribution in [0, 0.1) is 0 Å². The molecule has 1 aliphatic heterocycles. The summed E-state index contributed by atoms with van der Waals surface area (Å²) < 4.78 is 5.78. The van der Waals surface area contributed by atoms with E-state index in [1.165, 1.54) is 19.3 Å². The van der Waals surface area contributed by atoms with E-state index < -0.39 is 0 Å².